The molecule has 2 aromatic rings. The number of phenolic OH excluding ortho intramolecular Hbond substituents is 1. The zero-order chi connectivity index (χ0) is 15.0. The smallest absolute Gasteiger partial charge is 0.275 e. The molecule has 104 valence electrons. The van der Waals surface area contributed by atoms with Gasteiger partial charge in [0.2, 0.25) is 0 Å². The molecular formula is C14H9N3O4. The van der Waals surface area contributed by atoms with Crippen LogP contribution in [0.1, 0.15) is 5.56 Å². The first kappa shape index (κ1) is 12.8. The molecule has 7 heteroatoms. The van der Waals surface area contributed by atoms with Crippen LogP contribution in [-0.2, 0) is 4.79 Å². The van der Waals surface area contributed by atoms with Crippen molar-refractivity contribution >= 4 is 28.7 Å². The lowest BCUT2D eigenvalue weighted by Crippen LogP contribution is -2.13. The summed E-state index contributed by atoms with van der Waals surface area (Å²) in [6, 6.07) is 10.3. The van der Waals surface area contributed by atoms with Crippen LogP contribution in [-0.4, -0.2) is 21.6 Å². The number of nitrogens with zero attached hydrogens (tertiary/aromatic N) is 2. The number of fused-ring (bicyclic) bond motifs is 1. The summed E-state index contributed by atoms with van der Waals surface area (Å²) in [4.78, 5) is 26.3. The first-order chi connectivity index (χ1) is 10.1. The van der Waals surface area contributed by atoms with Gasteiger partial charge in [-0.2, -0.15) is 0 Å². The summed E-state index contributed by atoms with van der Waals surface area (Å²) in [5.41, 5.74) is 0.935. The van der Waals surface area contributed by atoms with Crippen molar-refractivity contribution in [2.45, 2.75) is 0 Å². The minimum Gasteiger partial charge on any atom is -0.506 e. The van der Waals surface area contributed by atoms with Crippen molar-refractivity contribution in [1.82, 2.24) is 0 Å². The highest BCUT2D eigenvalue weighted by atomic mass is 16.6. The molecule has 1 aliphatic rings. The number of aromatic hydroxyl groups is 1. The molecule has 1 heterocycles. The summed E-state index contributed by atoms with van der Waals surface area (Å²) < 4.78 is 0. The van der Waals surface area contributed by atoms with E-state index in [4.69, 9.17) is 0 Å². The summed E-state index contributed by atoms with van der Waals surface area (Å²) in [6.07, 6.45) is 0. The lowest BCUT2D eigenvalue weighted by Gasteiger charge is -2.00. The van der Waals surface area contributed by atoms with Crippen LogP contribution < -0.4 is 5.32 Å². The Balaban J connectivity index is 2.14. The summed E-state index contributed by atoms with van der Waals surface area (Å²) in [6.45, 7) is 0. The van der Waals surface area contributed by atoms with E-state index in [1.165, 1.54) is 24.3 Å². The van der Waals surface area contributed by atoms with E-state index in [1.807, 2.05) is 0 Å². The minimum atomic E-state index is -0.541. The van der Waals surface area contributed by atoms with Crippen LogP contribution in [0, 0.1) is 10.1 Å². The Bertz CT molecular complexity index is 799. The van der Waals surface area contributed by atoms with Gasteiger partial charge in [0.25, 0.3) is 11.6 Å². The Morgan fingerprint density at radius 1 is 1.19 bits per heavy atom. The number of amides is 1. The lowest BCUT2D eigenvalue weighted by atomic mass is 10.1. The molecule has 0 atom stereocenters. The largest absolute Gasteiger partial charge is 0.506 e. The minimum absolute atomic E-state index is 0.0372. The molecule has 0 spiro atoms. The molecule has 0 unspecified atom stereocenters. The summed E-state index contributed by atoms with van der Waals surface area (Å²) in [7, 11) is 0. The second kappa shape index (κ2) is 4.71. The van der Waals surface area contributed by atoms with Gasteiger partial charge in [-0.15, -0.1) is 0 Å². The number of phenols is 1. The Kier molecular flexibility index (Phi) is 2.87. The van der Waals surface area contributed by atoms with Gasteiger partial charge in [-0.3, -0.25) is 14.9 Å². The number of hydrogen-bond donors (Lipinski definition) is 2. The number of benzene rings is 2. The molecular weight excluding hydrogens is 274 g/mol. The van der Waals surface area contributed by atoms with E-state index in [0.29, 0.717) is 11.3 Å². The van der Waals surface area contributed by atoms with Crippen molar-refractivity contribution in [2.24, 2.45) is 4.99 Å². The number of para-hydroxylation sites is 2. The van der Waals surface area contributed by atoms with Gasteiger partial charge >= 0.3 is 0 Å². The molecule has 2 aromatic carbocycles. The Morgan fingerprint density at radius 2 is 1.95 bits per heavy atom. The number of rotatable bonds is 2. The number of nitrogens with one attached hydrogen (secondary N) is 1. The fourth-order valence-corrected chi connectivity index (χ4v) is 2.04. The first-order valence-electron chi connectivity index (χ1n) is 6.03. The van der Waals surface area contributed by atoms with Crippen LogP contribution >= 0.6 is 0 Å². The number of aliphatic imine (C=N–C) groups is 1. The number of carbonyl (C=O) groups excluding carboxylic acids is 1. The van der Waals surface area contributed by atoms with Crippen molar-refractivity contribution in [1.29, 1.82) is 0 Å². The van der Waals surface area contributed by atoms with Crippen molar-refractivity contribution in [3.8, 4) is 5.75 Å². The highest BCUT2D eigenvalue weighted by Crippen LogP contribution is 2.31. The number of carbonyl (C=O) groups is 1. The summed E-state index contributed by atoms with van der Waals surface area (Å²) in [5.74, 6) is -0.537. The number of anilines is 1. The molecule has 1 amide bonds. The molecule has 0 aliphatic carbocycles. The predicted octanol–water partition coefficient (Wildman–Crippen LogP) is 2.37. The normalized spacial score (nSPS) is 14.9. The van der Waals surface area contributed by atoms with Gasteiger partial charge < -0.3 is 10.4 Å². The van der Waals surface area contributed by atoms with E-state index in [1.54, 1.807) is 18.2 Å². The molecule has 0 bridgehead atoms. The van der Waals surface area contributed by atoms with E-state index < -0.39 is 10.8 Å². The highest BCUT2D eigenvalue weighted by Gasteiger charge is 2.28. The van der Waals surface area contributed by atoms with Crippen molar-refractivity contribution < 1.29 is 14.8 Å². The zero-order valence-corrected chi connectivity index (χ0v) is 10.6. The summed E-state index contributed by atoms with van der Waals surface area (Å²) in [5, 5.41) is 23.1. The maximum absolute atomic E-state index is 11.9. The number of nitro groups is 1. The van der Waals surface area contributed by atoms with Crippen LogP contribution in [0.2, 0.25) is 0 Å². The standard InChI is InChI=1S/C14H9N3O4/c18-12-4-2-1-3-11(12)15-13-9-7-8(17(20)21)5-6-10(9)16-14(13)19/h1-7,18H,(H,15,16,19). The van der Waals surface area contributed by atoms with E-state index in [2.05, 4.69) is 10.3 Å². The maximum atomic E-state index is 11.9. The Morgan fingerprint density at radius 3 is 2.67 bits per heavy atom. The third-order valence-corrected chi connectivity index (χ3v) is 3.05. The van der Waals surface area contributed by atoms with Gasteiger partial charge in [0.1, 0.15) is 17.1 Å². The van der Waals surface area contributed by atoms with Crippen LogP contribution in [0.15, 0.2) is 47.5 Å². The number of non-ortho nitro benzene ring substituents is 1. The molecule has 0 saturated carbocycles. The third kappa shape index (κ3) is 2.20. The van der Waals surface area contributed by atoms with Gasteiger partial charge in [0.15, 0.2) is 0 Å². The van der Waals surface area contributed by atoms with E-state index in [9.17, 15) is 20.0 Å². The van der Waals surface area contributed by atoms with Gasteiger partial charge in [-0.05, 0) is 18.2 Å². The summed E-state index contributed by atoms with van der Waals surface area (Å²) >= 11 is 0. The van der Waals surface area contributed by atoms with Crippen LogP contribution in [0.4, 0.5) is 17.1 Å². The zero-order valence-electron chi connectivity index (χ0n) is 10.6. The molecule has 3 rings (SSSR count). The molecule has 0 radical (unpaired) electrons. The SMILES string of the molecule is O=C1Nc2ccc([N+](=O)[O-])cc2C1=Nc1ccccc1O. The average molecular weight is 283 g/mol. The van der Waals surface area contributed by atoms with Gasteiger partial charge in [0.05, 0.1) is 10.6 Å². The highest BCUT2D eigenvalue weighted by molar-refractivity contribution is 6.54. The van der Waals surface area contributed by atoms with E-state index in [-0.39, 0.29) is 22.8 Å². The second-order valence-corrected chi connectivity index (χ2v) is 4.39. The molecule has 0 aromatic heterocycles. The van der Waals surface area contributed by atoms with Crippen LogP contribution in [0.3, 0.4) is 0 Å². The third-order valence-electron chi connectivity index (χ3n) is 3.05. The average Bonchev–Trinajstić information content (AvgIpc) is 2.76. The Hall–Kier alpha value is -3.22. The first-order valence-corrected chi connectivity index (χ1v) is 6.03. The molecule has 0 saturated heterocycles. The van der Waals surface area contributed by atoms with Crippen molar-refractivity contribution in [3.63, 3.8) is 0 Å². The van der Waals surface area contributed by atoms with Crippen LogP contribution in [0.25, 0.3) is 0 Å². The van der Waals surface area contributed by atoms with Gasteiger partial charge in [0, 0.05) is 17.7 Å². The second-order valence-electron chi connectivity index (χ2n) is 4.39. The number of hydrogen-bond acceptors (Lipinski definition) is 5. The molecule has 7 nitrogen and oxygen atoms in total. The Labute approximate surface area is 118 Å². The fourth-order valence-electron chi connectivity index (χ4n) is 2.04. The van der Waals surface area contributed by atoms with Crippen molar-refractivity contribution in [2.75, 3.05) is 5.32 Å². The van der Waals surface area contributed by atoms with Crippen LogP contribution in [0.5, 0.6) is 5.75 Å². The lowest BCUT2D eigenvalue weighted by molar-refractivity contribution is -0.384. The van der Waals surface area contributed by atoms with Crippen molar-refractivity contribution in [3.05, 3.63) is 58.1 Å². The molecule has 0 fully saturated rings. The van der Waals surface area contributed by atoms with Gasteiger partial charge in [-0.25, -0.2) is 4.99 Å². The van der Waals surface area contributed by atoms with E-state index in [0.717, 1.165) is 0 Å². The molecule has 21 heavy (non-hydrogen) atoms. The van der Waals surface area contributed by atoms with Gasteiger partial charge in [-0.1, -0.05) is 12.1 Å². The molecule has 2 N–H and O–H groups in total. The number of nitro benzene ring substituents is 1. The quantitative estimate of drug-likeness (QED) is 0.652. The topological polar surface area (TPSA) is 105 Å². The fraction of sp³-hybridized carbons (Fsp3) is 0. The van der Waals surface area contributed by atoms with E-state index >= 15 is 0 Å². The monoisotopic (exact) mass is 283 g/mol. The molecule has 1 aliphatic heterocycles. The predicted molar refractivity (Wildman–Crippen MR) is 76.0 cm³/mol. The maximum Gasteiger partial charge on any atom is 0.275 e.